The Hall–Kier alpha value is -4.18. The normalized spacial score (nSPS) is 15.1. The van der Waals surface area contributed by atoms with Gasteiger partial charge < -0.3 is 10.2 Å². The number of fused-ring (bicyclic) bond motifs is 2. The van der Waals surface area contributed by atoms with Gasteiger partial charge in [0.05, 0.1) is 0 Å². The van der Waals surface area contributed by atoms with E-state index in [1.807, 2.05) is 24.3 Å². The highest BCUT2D eigenvalue weighted by Gasteiger charge is 2.34. The van der Waals surface area contributed by atoms with Crippen molar-refractivity contribution in [3.63, 3.8) is 0 Å². The Kier molecular flexibility index (Phi) is 16.2. The van der Waals surface area contributed by atoms with E-state index in [1.165, 1.54) is 128 Å². The summed E-state index contributed by atoms with van der Waals surface area (Å²) in [5, 5.41) is 31.8. The molecule has 5 aromatic rings. The molecule has 7 rings (SSSR count). The first-order chi connectivity index (χ1) is 30.3. The zero-order valence-electron chi connectivity index (χ0n) is 38.9. The van der Waals surface area contributed by atoms with Crippen molar-refractivity contribution in [2.75, 3.05) is 0 Å². The van der Waals surface area contributed by atoms with E-state index >= 15 is 0 Å². The van der Waals surface area contributed by atoms with E-state index < -0.39 is 0 Å². The minimum absolute atomic E-state index is 0.0374. The molecule has 2 N–H and O–H groups in total. The number of aliphatic hydroxyl groups excluding tert-OH is 2. The first kappa shape index (κ1) is 45.8. The minimum atomic E-state index is -0.0374. The van der Waals surface area contributed by atoms with Gasteiger partial charge in [0.1, 0.15) is 11.5 Å². The van der Waals surface area contributed by atoms with Crippen LogP contribution in [0.1, 0.15) is 226 Å². The summed E-state index contributed by atoms with van der Waals surface area (Å²) in [6.45, 7) is 9.01. The molecule has 0 heterocycles. The van der Waals surface area contributed by atoms with Crippen LogP contribution in [0.3, 0.4) is 0 Å². The summed E-state index contributed by atoms with van der Waals surface area (Å²) in [6.07, 6.45) is 30.4. The van der Waals surface area contributed by atoms with Gasteiger partial charge in [-0.1, -0.05) is 206 Å². The molecule has 2 aliphatic carbocycles. The fraction of sp³-hybridized carbons (Fsp3) is 0.552. The zero-order chi connectivity index (χ0) is 43.6. The van der Waals surface area contributed by atoms with E-state index in [0.717, 1.165) is 79.9 Å². The van der Waals surface area contributed by atoms with E-state index in [0.29, 0.717) is 47.0 Å². The van der Waals surface area contributed by atoms with Crippen LogP contribution in [0.2, 0.25) is 0 Å². The van der Waals surface area contributed by atoms with Crippen LogP contribution in [0, 0.1) is 11.8 Å². The third kappa shape index (κ3) is 9.65. The van der Waals surface area contributed by atoms with E-state index in [9.17, 15) is 19.8 Å². The van der Waals surface area contributed by atoms with Crippen LogP contribution in [0.5, 0.6) is 0 Å². The second-order valence-corrected chi connectivity index (χ2v) is 19.4. The number of aliphatic hydroxyl groups is 2. The number of carbonyl (C=O) groups excluding carboxylic acids is 2. The molecule has 2 atom stereocenters. The highest BCUT2D eigenvalue weighted by atomic mass is 16.3. The van der Waals surface area contributed by atoms with Crippen molar-refractivity contribution < 1.29 is 19.8 Å². The molecule has 4 heteroatoms. The van der Waals surface area contributed by atoms with Crippen LogP contribution >= 0.6 is 0 Å². The molecular formula is C58H76O4. The molecule has 2 aliphatic rings. The summed E-state index contributed by atoms with van der Waals surface area (Å²) >= 11 is 0. The van der Waals surface area contributed by atoms with Crippen molar-refractivity contribution >= 4 is 66.2 Å². The van der Waals surface area contributed by atoms with Crippen LogP contribution in [0.4, 0.5) is 0 Å². The zero-order valence-corrected chi connectivity index (χ0v) is 38.9. The molecule has 0 saturated carbocycles. The molecule has 0 saturated heterocycles. The summed E-state index contributed by atoms with van der Waals surface area (Å²) < 4.78 is 0. The summed E-state index contributed by atoms with van der Waals surface area (Å²) in [5.41, 5.74) is 4.01. The average Bonchev–Trinajstić information content (AvgIpc) is 3.28. The molecule has 332 valence electrons. The van der Waals surface area contributed by atoms with Gasteiger partial charge >= 0.3 is 0 Å². The molecule has 2 unspecified atom stereocenters. The topological polar surface area (TPSA) is 74.6 Å². The maximum atomic E-state index is 14.6. The van der Waals surface area contributed by atoms with Crippen LogP contribution < -0.4 is 0 Å². The monoisotopic (exact) mass is 837 g/mol. The minimum Gasteiger partial charge on any atom is -0.507 e. The van der Waals surface area contributed by atoms with Gasteiger partial charge in [0.2, 0.25) is 0 Å². The number of ketones is 2. The van der Waals surface area contributed by atoms with Crippen LogP contribution in [-0.4, -0.2) is 21.8 Å². The summed E-state index contributed by atoms with van der Waals surface area (Å²) in [6, 6.07) is 16.4. The lowest BCUT2D eigenvalue weighted by Gasteiger charge is -2.27. The Morgan fingerprint density at radius 3 is 0.952 bits per heavy atom. The van der Waals surface area contributed by atoms with Crippen molar-refractivity contribution in [2.24, 2.45) is 11.8 Å². The summed E-state index contributed by atoms with van der Waals surface area (Å²) in [5.74, 6) is 0.986. The van der Waals surface area contributed by atoms with Crippen LogP contribution in [0.25, 0.3) is 54.6 Å². The molecule has 0 radical (unpaired) electrons. The van der Waals surface area contributed by atoms with Crippen molar-refractivity contribution in [3.05, 3.63) is 81.9 Å². The van der Waals surface area contributed by atoms with Crippen molar-refractivity contribution in [2.45, 2.75) is 195 Å². The van der Waals surface area contributed by atoms with E-state index in [4.69, 9.17) is 0 Å². The Bertz CT molecular complexity index is 2200. The van der Waals surface area contributed by atoms with Gasteiger partial charge in [-0.3, -0.25) is 9.59 Å². The lowest BCUT2D eigenvalue weighted by molar-refractivity contribution is 0.101. The van der Waals surface area contributed by atoms with Gasteiger partial charge in [-0.15, -0.1) is 0 Å². The highest BCUT2D eigenvalue weighted by Crippen LogP contribution is 2.49. The first-order valence-corrected chi connectivity index (χ1v) is 25.5. The molecule has 0 amide bonds. The molecule has 0 aromatic heterocycles. The Morgan fingerprint density at radius 2 is 0.629 bits per heavy atom. The third-order valence-electron chi connectivity index (χ3n) is 14.9. The van der Waals surface area contributed by atoms with E-state index in [2.05, 4.69) is 52.0 Å². The van der Waals surface area contributed by atoms with Gasteiger partial charge in [0.15, 0.2) is 11.6 Å². The van der Waals surface area contributed by atoms with Crippen molar-refractivity contribution in [1.82, 2.24) is 0 Å². The quantitative estimate of drug-likeness (QED) is 0.0299. The number of rotatable bonds is 28. The standard InChI is InChI=1S/C58H76O4/c1-5-9-13-17-19-23-27-39(25-21-15-11-7-3)37-49-55(59)45-33-29-41-43-31-35-47-54-48(36-32-44(52(43)54)42-30-34-46(56(49)60)53(45)51(41)42)58(62)50(57(47)61)38-40(26-22-16-12-8-4)28-24-20-18-14-10-6-2/h29-36,39-40,59,62H,5-28,37-38H2,1-4H3. The number of benzene rings is 5. The molecule has 62 heavy (non-hydrogen) atoms. The second kappa shape index (κ2) is 21.9. The number of unbranched alkanes of at least 4 members (excludes halogenated alkanes) is 16. The highest BCUT2D eigenvalue weighted by molar-refractivity contribution is 6.40. The average molecular weight is 837 g/mol. The summed E-state index contributed by atoms with van der Waals surface area (Å²) in [4.78, 5) is 29.1. The molecule has 0 spiro atoms. The molecule has 5 aromatic carbocycles. The Balaban J connectivity index is 1.22. The first-order valence-electron chi connectivity index (χ1n) is 25.5. The van der Waals surface area contributed by atoms with Gasteiger partial charge in [-0.25, -0.2) is 0 Å². The third-order valence-corrected chi connectivity index (χ3v) is 14.9. The maximum Gasteiger partial charge on any atom is 0.193 e. The lowest BCUT2D eigenvalue weighted by Crippen LogP contribution is -2.17. The van der Waals surface area contributed by atoms with Crippen LogP contribution in [-0.2, 0) is 0 Å². The van der Waals surface area contributed by atoms with Gasteiger partial charge in [0, 0.05) is 44.2 Å². The number of carbonyl (C=O) groups is 2. The molecule has 0 bridgehead atoms. The fourth-order valence-corrected chi connectivity index (χ4v) is 11.3. The number of hydrogen-bond acceptors (Lipinski definition) is 4. The SMILES string of the molecule is CCCCCCCCC(CCCCCC)CC1=C(O)c2ccc3c4ccc5c6c(ccc(c7ccc(c2c73)C1=O)c64)C(O)=C(CC(CCCCCC)CCCCCCCC)C5=O. The number of hydrogen-bond donors (Lipinski definition) is 2. The van der Waals surface area contributed by atoms with Crippen molar-refractivity contribution in [1.29, 1.82) is 0 Å². The lowest BCUT2D eigenvalue weighted by atomic mass is 9.76. The second-order valence-electron chi connectivity index (χ2n) is 19.4. The number of allylic oxidation sites excluding steroid dienone is 2. The predicted molar refractivity (Wildman–Crippen MR) is 265 cm³/mol. The Morgan fingerprint density at radius 1 is 0.355 bits per heavy atom. The predicted octanol–water partition coefficient (Wildman–Crippen LogP) is 18.1. The largest absolute Gasteiger partial charge is 0.507 e. The van der Waals surface area contributed by atoms with Gasteiger partial charge in [-0.2, -0.15) is 0 Å². The smallest absolute Gasteiger partial charge is 0.193 e. The molecule has 0 fully saturated rings. The van der Waals surface area contributed by atoms with Gasteiger partial charge in [-0.05, 0) is 81.3 Å². The molecule has 0 aliphatic heterocycles. The number of Topliss-reactive ketones (excluding diaryl/α,β-unsaturated/α-hetero) is 2. The molecule has 4 nitrogen and oxygen atoms in total. The van der Waals surface area contributed by atoms with E-state index in [-0.39, 0.29) is 23.1 Å². The Labute approximate surface area is 373 Å². The van der Waals surface area contributed by atoms with Crippen molar-refractivity contribution in [3.8, 4) is 0 Å². The maximum absolute atomic E-state index is 14.6. The van der Waals surface area contributed by atoms with Gasteiger partial charge in [0.25, 0.3) is 0 Å². The van der Waals surface area contributed by atoms with Crippen LogP contribution in [0.15, 0.2) is 59.7 Å². The molecular weight excluding hydrogens is 761 g/mol. The fourth-order valence-electron chi connectivity index (χ4n) is 11.3. The van der Waals surface area contributed by atoms with E-state index in [1.54, 1.807) is 0 Å². The summed E-state index contributed by atoms with van der Waals surface area (Å²) in [7, 11) is 0.